The summed E-state index contributed by atoms with van der Waals surface area (Å²) in [6.07, 6.45) is 0. The summed E-state index contributed by atoms with van der Waals surface area (Å²) in [6.45, 7) is -1.57. The standard InChI is InChI=1S/C12H8ClO.CF3.2O.Os/c1-8(14)10-6-9-4-2-3-5-11(9)12(13)7-10;2-1(3)4;;;/h2-5,7H,1H3;;;;/q2*-1;;;+2. The van der Waals surface area contributed by atoms with Gasteiger partial charge in [-0.3, -0.25) is 0 Å². The SMILES string of the molecule is CC(=O)c1[c-]c2ccccc2c(Cl)c1.F[C-](F)F.[O]=[Os+2]=[O]. The molecule has 0 heterocycles. The van der Waals surface area contributed by atoms with Gasteiger partial charge in [-0.1, -0.05) is 29.1 Å². The van der Waals surface area contributed by atoms with Gasteiger partial charge in [0.2, 0.25) is 0 Å². The van der Waals surface area contributed by atoms with Gasteiger partial charge >= 0.3 is 24.4 Å². The fraction of sp³-hybridized carbons (Fsp3) is 0.0769. The van der Waals surface area contributed by atoms with E-state index in [9.17, 15) is 18.0 Å². The molecule has 0 amide bonds. The maximum absolute atomic E-state index is 11.2. The molecule has 0 N–H and O–H groups in total. The molecule has 0 bridgehead atoms. The van der Waals surface area contributed by atoms with Crippen molar-refractivity contribution >= 4 is 28.2 Å². The van der Waals surface area contributed by atoms with E-state index in [-0.39, 0.29) is 5.78 Å². The van der Waals surface area contributed by atoms with Gasteiger partial charge in [-0.25, -0.2) is 0 Å². The molecule has 2 aromatic rings. The number of hydrogen-bond donors (Lipinski definition) is 0. The van der Waals surface area contributed by atoms with E-state index < -0.39 is 24.0 Å². The average molecular weight is 495 g/mol. The Kier molecular flexibility index (Phi) is 9.77. The van der Waals surface area contributed by atoms with Crippen LogP contribution in [0.15, 0.2) is 30.3 Å². The molecular weight excluding hydrogens is 487 g/mol. The number of carbonyl (C=O) groups excluding carboxylic acids is 1. The number of halogens is 4. The van der Waals surface area contributed by atoms with Gasteiger partial charge in [0.25, 0.3) is 0 Å². The predicted octanol–water partition coefficient (Wildman–Crippen LogP) is 4.60. The first-order chi connectivity index (χ1) is 9.83. The Bertz CT molecular complexity index is 641. The molecule has 0 atom stereocenters. The molecule has 2 rings (SSSR count). The van der Waals surface area contributed by atoms with Crippen LogP contribution in [0, 0.1) is 12.7 Å². The maximum atomic E-state index is 11.2. The Morgan fingerprint density at radius 2 is 1.71 bits per heavy atom. The van der Waals surface area contributed by atoms with Crippen LogP contribution in [0.5, 0.6) is 0 Å². The first-order valence-corrected chi connectivity index (χ1v) is 7.61. The van der Waals surface area contributed by atoms with Gasteiger partial charge < -0.3 is 18.0 Å². The Balaban J connectivity index is 0.000000486. The number of Topliss-reactive ketones (excluding diaryl/α,β-unsaturated/α-hetero) is 1. The normalized spacial score (nSPS) is 9.24. The van der Waals surface area contributed by atoms with Gasteiger partial charge in [-0.15, -0.1) is 35.2 Å². The third-order valence-electron chi connectivity index (χ3n) is 2.10. The minimum absolute atomic E-state index is 0.0161. The van der Waals surface area contributed by atoms with Gasteiger partial charge in [-0.2, -0.15) is 0 Å². The second kappa shape index (κ2) is 10.4. The first-order valence-electron chi connectivity index (χ1n) is 5.15. The van der Waals surface area contributed by atoms with Crippen molar-refractivity contribution in [3.8, 4) is 0 Å². The molecule has 0 radical (unpaired) electrons. The molecule has 0 fully saturated rings. The number of ketones is 1. The summed E-state index contributed by atoms with van der Waals surface area (Å²) in [7, 11) is 0. The van der Waals surface area contributed by atoms with Gasteiger partial charge in [0, 0.05) is 0 Å². The van der Waals surface area contributed by atoms with Crippen LogP contribution in [0.1, 0.15) is 17.3 Å². The molecule has 3 nitrogen and oxygen atoms in total. The van der Waals surface area contributed by atoms with E-state index in [1.807, 2.05) is 24.3 Å². The van der Waals surface area contributed by atoms with Gasteiger partial charge in [0.05, 0.1) is 5.78 Å². The van der Waals surface area contributed by atoms with Gasteiger partial charge in [0.1, 0.15) is 0 Å². The summed E-state index contributed by atoms with van der Waals surface area (Å²) in [4.78, 5) is 11.2. The molecule has 0 spiro atoms. The van der Waals surface area contributed by atoms with Crippen LogP contribution in [-0.4, -0.2) is 5.78 Å². The van der Waals surface area contributed by atoms with Crippen molar-refractivity contribution in [1.29, 1.82) is 0 Å². The van der Waals surface area contributed by atoms with E-state index in [4.69, 9.17) is 18.7 Å². The summed E-state index contributed by atoms with van der Waals surface area (Å²) >= 11 is 3.95. The molecular formula is C13H8ClF3O3Os. The molecule has 114 valence electrons. The van der Waals surface area contributed by atoms with E-state index in [1.54, 1.807) is 6.07 Å². The predicted molar refractivity (Wildman–Crippen MR) is 65.7 cm³/mol. The third-order valence-corrected chi connectivity index (χ3v) is 2.42. The van der Waals surface area contributed by atoms with Gasteiger partial charge in [-0.05, 0) is 11.9 Å². The molecule has 0 aliphatic rings. The fourth-order valence-corrected chi connectivity index (χ4v) is 1.65. The van der Waals surface area contributed by atoms with E-state index in [0.29, 0.717) is 10.6 Å². The number of hydrogen-bond acceptors (Lipinski definition) is 3. The summed E-state index contributed by atoms with van der Waals surface area (Å²) < 4.78 is 45.8. The molecule has 0 saturated heterocycles. The van der Waals surface area contributed by atoms with Crippen molar-refractivity contribution in [2.24, 2.45) is 0 Å². The number of rotatable bonds is 1. The average Bonchev–Trinajstić information content (AvgIpc) is 2.39. The molecule has 8 heteroatoms. The third kappa shape index (κ3) is 7.89. The molecule has 0 aliphatic carbocycles. The molecule has 2 aromatic carbocycles. The van der Waals surface area contributed by atoms with Crippen molar-refractivity contribution < 1.29 is 42.4 Å². The minimum atomic E-state index is -3.08. The Morgan fingerprint density at radius 1 is 1.24 bits per heavy atom. The second-order valence-electron chi connectivity index (χ2n) is 3.41. The van der Waals surface area contributed by atoms with Crippen molar-refractivity contribution in [3.63, 3.8) is 0 Å². The zero-order chi connectivity index (χ0) is 16.4. The van der Waals surface area contributed by atoms with Crippen molar-refractivity contribution in [1.82, 2.24) is 0 Å². The van der Waals surface area contributed by atoms with E-state index >= 15 is 0 Å². The topological polar surface area (TPSA) is 51.2 Å². The number of carbonyl (C=O) groups is 1. The van der Waals surface area contributed by atoms with Crippen LogP contribution in [0.3, 0.4) is 0 Å². The molecule has 21 heavy (non-hydrogen) atoms. The van der Waals surface area contributed by atoms with Crippen LogP contribution in [0.2, 0.25) is 5.02 Å². The van der Waals surface area contributed by atoms with Crippen molar-refractivity contribution in [2.75, 3.05) is 0 Å². The molecule has 0 unspecified atom stereocenters. The van der Waals surface area contributed by atoms with Crippen LogP contribution in [-0.2, 0) is 24.4 Å². The zero-order valence-electron chi connectivity index (χ0n) is 10.5. The van der Waals surface area contributed by atoms with E-state index in [0.717, 1.165) is 10.8 Å². The summed E-state index contributed by atoms with van der Waals surface area (Å²) in [5.41, 5.74) is 0.536. The van der Waals surface area contributed by atoms with Crippen LogP contribution < -0.4 is 0 Å². The molecule has 0 aromatic heterocycles. The second-order valence-corrected chi connectivity index (χ2v) is 4.24. The van der Waals surface area contributed by atoms with E-state index in [2.05, 4.69) is 6.07 Å². The Morgan fingerprint density at radius 3 is 2.19 bits per heavy atom. The monoisotopic (exact) mass is 496 g/mol. The van der Waals surface area contributed by atoms with E-state index in [1.165, 1.54) is 6.92 Å². The summed E-state index contributed by atoms with van der Waals surface area (Å²) in [5, 5.41) is 2.41. The Hall–Kier alpha value is -1.31. The zero-order valence-corrected chi connectivity index (χ0v) is 13.8. The first kappa shape index (κ1) is 19.7. The Labute approximate surface area is 131 Å². The summed E-state index contributed by atoms with van der Waals surface area (Å²) in [6, 6.07) is 12.3. The quantitative estimate of drug-likeness (QED) is 0.430. The van der Waals surface area contributed by atoms with Crippen LogP contribution in [0.4, 0.5) is 13.2 Å². The van der Waals surface area contributed by atoms with Crippen molar-refractivity contribution in [2.45, 2.75) is 6.92 Å². The van der Waals surface area contributed by atoms with Crippen molar-refractivity contribution in [3.05, 3.63) is 53.7 Å². The summed E-state index contributed by atoms with van der Waals surface area (Å²) in [5.74, 6) is -0.0161. The fourth-order valence-electron chi connectivity index (χ4n) is 1.38. The van der Waals surface area contributed by atoms with Gasteiger partial charge in [0.15, 0.2) is 6.68 Å². The number of fused-ring (bicyclic) bond motifs is 1. The molecule has 0 saturated carbocycles. The van der Waals surface area contributed by atoms with Crippen LogP contribution in [0.25, 0.3) is 10.8 Å². The molecule has 0 aliphatic heterocycles. The number of benzene rings is 2. The van der Waals surface area contributed by atoms with Crippen LogP contribution >= 0.6 is 11.6 Å².